The van der Waals surface area contributed by atoms with Gasteiger partial charge in [0.25, 0.3) is 0 Å². The minimum absolute atomic E-state index is 0.00597. The van der Waals surface area contributed by atoms with Crippen LogP contribution in [0.1, 0.15) is 22.8 Å². The Morgan fingerprint density at radius 1 is 1.13 bits per heavy atom. The van der Waals surface area contributed by atoms with Crippen LogP contribution >= 0.6 is 11.8 Å². The third kappa shape index (κ3) is 4.99. The molecule has 0 unspecified atom stereocenters. The van der Waals surface area contributed by atoms with Gasteiger partial charge in [-0.2, -0.15) is 0 Å². The quantitative estimate of drug-likeness (QED) is 0.485. The van der Waals surface area contributed by atoms with Gasteiger partial charge in [-0.25, -0.2) is 8.42 Å². The highest BCUT2D eigenvalue weighted by molar-refractivity contribution is 8.14. The molecule has 0 aliphatic carbocycles. The van der Waals surface area contributed by atoms with Gasteiger partial charge in [-0.1, -0.05) is 54.2 Å². The lowest BCUT2D eigenvalue weighted by molar-refractivity contribution is -0.141. The maximum Gasteiger partial charge on any atom is 0.316 e. The molecule has 9 heteroatoms. The minimum atomic E-state index is -3.18. The fourth-order valence-corrected chi connectivity index (χ4v) is 6.48. The van der Waals surface area contributed by atoms with E-state index < -0.39 is 9.84 Å². The molecular formula is C22H22N2O5S2. The second-order valence-corrected chi connectivity index (χ2v) is 10.6. The number of aliphatic imine (C=N–C) groups is 1. The second-order valence-electron chi connectivity index (χ2n) is 7.53. The van der Waals surface area contributed by atoms with Gasteiger partial charge in [-0.05, 0) is 24.6 Å². The number of carbonyl (C=O) groups excluding carboxylic acids is 2. The van der Waals surface area contributed by atoms with Gasteiger partial charge < -0.3 is 9.64 Å². The summed E-state index contributed by atoms with van der Waals surface area (Å²) in [5.41, 5.74) is 2.14. The van der Waals surface area contributed by atoms with Crippen molar-refractivity contribution in [2.75, 3.05) is 22.2 Å². The zero-order valence-corrected chi connectivity index (χ0v) is 18.6. The number of hydrogen-bond donors (Lipinski definition) is 0. The molecule has 0 aromatic heterocycles. The number of sulfone groups is 1. The maximum atomic E-state index is 12.3. The standard InChI is InChI=1S/C22H22N2O5S2/c1-15(25)17-8-5-9-18(10-17)24-20-14-31(27,28)13-19(20)23-22(24)30-12-21(26)29-11-16-6-3-2-4-7-16/h2-10,19-20H,11-14H2,1H3/t19-,20+/m0/s1. The largest absolute Gasteiger partial charge is 0.460 e. The molecule has 1 fully saturated rings. The van der Waals surface area contributed by atoms with E-state index in [0.29, 0.717) is 16.4 Å². The first-order valence-electron chi connectivity index (χ1n) is 9.83. The summed E-state index contributed by atoms with van der Waals surface area (Å²) in [7, 11) is -3.18. The summed E-state index contributed by atoms with van der Waals surface area (Å²) in [6.07, 6.45) is 0. The number of carbonyl (C=O) groups is 2. The van der Waals surface area contributed by atoms with Gasteiger partial charge in [0.05, 0.1) is 29.3 Å². The van der Waals surface area contributed by atoms with Crippen molar-refractivity contribution in [3.05, 3.63) is 65.7 Å². The molecule has 4 rings (SSSR count). The molecular weight excluding hydrogens is 436 g/mol. The Morgan fingerprint density at radius 2 is 1.90 bits per heavy atom. The van der Waals surface area contributed by atoms with Crippen LogP contribution in [0.3, 0.4) is 0 Å². The molecule has 2 heterocycles. The van der Waals surface area contributed by atoms with Crippen LogP contribution in [0.25, 0.3) is 0 Å². The van der Waals surface area contributed by atoms with E-state index in [9.17, 15) is 18.0 Å². The van der Waals surface area contributed by atoms with Crippen molar-refractivity contribution in [2.45, 2.75) is 25.6 Å². The number of hydrogen-bond acceptors (Lipinski definition) is 8. The first-order chi connectivity index (χ1) is 14.8. The molecule has 2 aliphatic heterocycles. The van der Waals surface area contributed by atoms with Crippen LogP contribution in [-0.4, -0.2) is 54.7 Å². The van der Waals surface area contributed by atoms with Crippen molar-refractivity contribution in [3.8, 4) is 0 Å². The van der Waals surface area contributed by atoms with Crippen molar-refractivity contribution in [1.29, 1.82) is 0 Å². The monoisotopic (exact) mass is 458 g/mol. The van der Waals surface area contributed by atoms with E-state index in [1.165, 1.54) is 18.7 Å². The molecule has 2 aromatic carbocycles. The van der Waals surface area contributed by atoms with Gasteiger partial charge in [0.2, 0.25) is 0 Å². The summed E-state index contributed by atoms with van der Waals surface area (Å²) in [5, 5.41) is 0.572. The Morgan fingerprint density at radius 3 is 2.65 bits per heavy atom. The molecule has 0 radical (unpaired) electrons. The molecule has 0 bridgehead atoms. The van der Waals surface area contributed by atoms with E-state index >= 15 is 0 Å². The number of Topliss-reactive ketones (excluding diaryl/α,β-unsaturated/α-hetero) is 1. The maximum absolute atomic E-state index is 12.3. The molecule has 31 heavy (non-hydrogen) atoms. The van der Waals surface area contributed by atoms with E-state index in [-0.39, 0.29) is 47.7 Å². The van der Waals surface area contributed by atoms with Crippen LogP contribution in [0.4, 0.5) is 5.69 Å². The van der Waals surface area contributed by atoms with E-state index in [1.807, 2.05) is 41.3 Å². The van der Waals surface area contributed by atoms with Crippen LogP contribution in [0.15, 0.2) is 59.6 Å². The third-order valence-electron chi connectivity index (χ3n) is 5.20. The number of anilines is 1. The predicted molar refractivity (Wildman–Crippen MR) is 121 cm³/mol. The fraction of sp³-hybridized carbons (Fsp3) is 0.318. The first kappa shape index (κ1) is 21.6. The predicted octanol–water partition coefficient (Wildman–Crippen LogP) is 2.71. The van der Waals surface area contributed by atoms with Crippen LogP contribution in [-0.2, 0) is 26.0 Å². The lowest BCUT2D eigenvalue weighted by Crippen LogP contribution is -2.39. The topological polar surface area (TPSA) is 93.1 Å². The number of nitrogens with zero attached hydrogens (tertiary/aromatic N) is 2. The Kier molecular flexibility index (Phi) is 6.15. The molecule has 2 aromatic rings. The summed E-state index contributed by atoms with van der Waals surface area (Å²) >= 11 is 1.22. The molecule has 0 amide bonds. The van der Waals surface area contributed by atoms with Crippen molar-refractivity contribution >= 4 is 44.2 Å². The SMILES string of the molecule is CC(=O)c1cccc(N2C(SCC(=O)OCc3ccccc3)=N[C@H]3CS(=O)(=O)C[C@H]32)c1. The number of rotatable bonds is 6. The Bertz CT molecular complexity index is 1130. The highest BCUT2D eigenvalue weighted by Crippen LogP contribution is 2.35. The van der Waals surface area contributed by atoms with Crippen LogP contribution in [0.2, 0.25) is 0 Å². The van der Waals surface area contributed by atoms with Gasteiger partial charge in [0.1, 0.15) is 6.61 Å². The van der Waals surface area contributed by atoms with Crippen LogP contribution in [0.5, 0.6) is 0 Å². The molecule has 2 atom stereocenters. The molecule has 162 valence electrons. The number of fused-ring (bicyclic) bond motifs is 1. The normalized spacial score (nSPS) is 21.5. The van der Waals surface area contributed by atoms with E-state index in [1.54, 1.807) is 18.2 Å². The van der Waals surface area contributed by atoms with Crippen molar-refractivity contribution in [3.63, 3.8) is 0 Å². The summed E-state index contributed by atoms with van der Waals surface area (Å²) in [5.74, 6) is -0.413. The molecule has 1 saturated heterocycles. The molecule has 2 aliphatic rings. The third-order valence-corrected chi connectivity index (χ3v) is 7.84. The zero-order valence-electron chi connectivity index (χ0n) is 16.9. The van der Waals surface area contributed by atoms with E-state index in [4.69, 9.17) is 4.74 Å². The van der Waals surface area contributed by atoms with Gasteiger partial charge in [0, 0.05) is 11.3 Å². The minimum Gasteiger partial charge on any atom is -0.460 e. The molecule has 0 saturated carbocycles. The summed E-state index contributed by atoms with van der Waals surface area (Å²) in [6.45, 7) is 1.68. The zero-order chi connectivity index (χ0) is 22.0. The highest BCUT2D eigenvalue weighted by Gasteiger charge is 2.47. The Labute approximate surface area is 185 Å². The highest BCUT2D eigenvalue weighted by atomic mass is 32.2. The Hall–Kier alpha value is -2.65. The van der Waals surface area contributed by atoms with Gasteiger partial charge in [-0.3, -0.25) is 14.6 Å². The van der Waals surface area contributed by atoms with Gasteiger partial charge in [-0.15, -0.1) is 0 Å². The average Bonchev–Trinajstić information content (AvgIpc) is 3.22. The number of benzene rings is 2. The molecule has 0 spiro atoms. The van der Waals surface area contributed by atoms with Crippen molar-refractivity contribution in [1.82, 2.24) is 0 Å². The smallest absolute Gasteiger partial charge is 0.316 e. The lowest BCUT2D eigenvalue weighted by Gasteiger charge is -2.26. The van der Waals surface area contributed by atoms with E-state index in [2.05, 4.69) is 4.99 Å². The van der Waals surface area contributed by atoms with Crippen molar-refractivity contribution < 1.29 is 22.7 Å². The summed E-state index contributed by atoms with van der Waals surface area (Å²) in [6, 6.07) is 15.7. The Balaban J connectivity index is 1.49. The summed E-state index contributed by atoms with van der Waals surface area (Å²) in [4.78, 5) is 30.5. The number of ketones is 1. The lowest BCUT2D eigenvalue weighted by atomic mass is 10.1. The summed E-state index contributed by atoms with van der Waals surface area (Å²) < 4.78 is 29.6. The number of esters is 1. The number of ether oxygens (including phenoxy) is 1. The van der Waals surface area contributed by atoms with Gasteiger partial charge in [0.15, 0.2) is 20.8 Å². The van der Waals surface area contributed by atoms with E-state index in [0.717, 1.165) is 5.56 Å². The van der Waals surface area contributed by atoms with Crippen LogP contribution in [0, 0.1) is 0 Å². The molecule has 7 nitrogen and oxygen atoms in total. The number of amidine groups is 1. The fourth-order valence-electron chi connectivity index (χ4n) is 3.71. The van der Waals surface area contributed by atoms with Gasteiger partial charge >= 0.3 is 5.97 Å². The molecule has 0 N–H and O–H groups in total. The van der Waals surface area contributed by atoms with Crippen molar-refractivity contribution in [2.24, 2.45) is 4.99 Å². The second kappa shape index (κ2) is 8.84. The average molecular weight is 459 g/mol. The first-order valence-corrected chi connectivity index (χ1v) is 12.6. The van der Waals surface area contributed by atoms with Crippen LogP contribution < -0.4 is 4.90 Å². The number of thioether (sulfide) groups is 1.